The largest absolute Gasteiger partial charge is 0.472 e. The average Bonchev–Trinajstić information content (AvgIpc) is 3.18. The molecule has 0 amide bonds. The summed E-state index contributed by atoms with van der Waals surface area (Å²) in [5, 5.41) is 8.09. The fourth-order valence-electron chi connectivity index (χ4n) is 2.47. The van der Waals surface area contributed by atoms with E-state index in [0.717, 1.165) is 5.56 Å². The molecule has 1 aliphatic heterocycles. The summed E-state index contributed by atoms with van der Waals surface area (Å²) in [6.45, 7) is 0.906. The van der Waals surface area contributed by atoms with E-state index in [-0.39, 0.29) is 5.92 Å². The normalized spacial score (nSPS) is 18.1. The van der Waals surface area contributed by atoms with Crippen molar-refractivity contribution in [2.45, 2.75) is 18.8 Å². The zero-order chi connectivity index (χ0) is 15.7. The maximum Gasteiger partial charge on any atom is 0.281 e. The highest BCUT2D eigenvalue weighted by atomic mass is 32.2. The molecule has 1 fully saturated rings. The van der Waals surface area contributed by atoms with Gasteiger partial charge in [0.05, 0.1) is 11.8 Å². The van der Waals surface area contributed by atoms with Crippen molar-refractivity contribution < 1.29 is 17.3 Å². The lowest BCUT2D eigenvalue weighted by molar-refractivity contribution is 0.279. The average molecular weight is 326 g/mol. The molecule has 0 spiro atoms. The fourth-order valence-corrected chi connectivity index (χ4v) is 3.60. The topological polar surface area (TPSA) is 92.7 Å². The summed E-state index contributed by atoms with van der Waals surface area (Å²) >= 11 is 0. The molecule has 1 aliphatic rings. The molecular weight excluding hydrogens is 308 g/mol. The minimum atomic E-state index is -3.35. The predicted octanol–water partition coefficient (Wildman–Crippen LogP) is 1.32. The molecule has 3 heterocycles. The van der Waals surface area contributed by atoms with Crippen LogP contribution in [-0.4, -0.2) is 54.4 Å². The smallest absolute Gasteiger partial charge is 0.281 e. The first-order chi connectivity index (χ1) is 10.5. The summed E-state index contributed by atoms with van der Waals surface area (Å²) in [4.78, 5) is 0. The van der Waals surface area contributed by atoms with E-state index < -0.39 is 10.2 Å². The summed E-state index contributed by atoms with van der Waals surface area (Å²) < 4.78 is 37.5. The molecular formula is C13H18N4O4S. The number of furan rings is 1. The van der Waals surface area contributed by atoms with E-state index in [2.05, 4.69) is 10.2 Å². The monoisotopic (exact) mass is 326 g/mol. The number of nitrogens with zero attached hydrogens (tertiary/aromatic N) is 4. The van der Waals surface area contributed by atoms with Gasteiger partial charge in [0.25, 0.3) is 16.1 Å². The Morgan fingerprint density at radius 2 is 2.00 bits per heavy atom. The molecule has 2 aromatic heterocycles. The van der Waals surface area contributed by atoms with Crippen LogP contribution in [0.15, 0.2) is 27.4 Å². The Bertz CT molecular complexity index is 715. The Morgan fingerprint density at radius 3 is 2.59 bits per heavy atom. The van der Waals surface area contributed by atoms with Crippen LogP contribution in [0.2, 0.25) is 0 Å². The van der Waals surface area contributed by atoms with Crippen LogP contribution in [0, 0.1) is 0 Å². The first-order valence-corrected chi connectivity index (χ1v) is 8.42. The van der Waals surface area contributed by atoms with E-state index in [1.165, 1.54) is 22.7 Å². The van der Waals surface area contributed by atoms with Crippen LogP contribution in [0.3, 0.4) is 0 Å². The Labute approximate surface area is 128 Å². The lowest BCUT2D eigenvalue weighted by Crippen LogP contribution is -2.44. The molecule has 22 heavy (non-hydrogen) atoms. The quantitative estimate of drug-likeness (QED) is 0.841. The van der Waals surface area contributed by atoms with Gasteiger partial charge in [0.1, 0.15) is 6.26 Å². The third-order valence-corrected chi connectivity index (χ3v) is 5.74. The summed E-state index contributed by atoms with van der Waals surface area (Å²) in [5.74, 6) is 1.06. The third-order valence-electron chi connectivity index (χ3n) is 3.80. The zero-order valence-corrected chi connectivity index (χ0v) is 13.3. The van der Waals surface area contributed by atoms with Crippen molar-refractivity contribution in [3.8, 4) is 11.5 Å². The first-order valence-electron chi connectivity index (χ1n) is 7.02. The lowest BCUT2D eigenvalue weighted by atomic mass is 9.98. The second-order valence-corrected chi connectivity index (χ2v) is 7.56. The lowest BCUT2D eigenvalue weighted by Gasteiger charge is -2.31. The first kappa shape index (κ1) is 15.2. The van der Waals surface area contributed by atoms with Crippen LogP contribution >= 0.6 is 0 Å². The van der Waals surface area contributed by atoms with Gasteiger partial charge in [-0.25, -0.2) is 0 Å². The van der Waals surface area contributed by atoms with Gasteiger partial charge in [-0.05, 0) is 18.9 Å². The van der Waals surface area contributed by atoms with Crippen molar-refractivity contribution in [1.29, 1.82) is 0 Å². The fraction of sp³-hybridized carbons (Fsp3) is 0.538. The van der Waals surface area contributed by atoms with Crippen LogP contribution in [0.25, 0.3) is 11.5 Å². The van der Waals surface area contributed by atoms with Gasteiger partial charge in [-0.2, -0.15) is 17.0 Å². The molecule has 0 N–H and O–H groups in total. The van der Waals surface area contributed by atoms with Gasteiger partial charge in [0.15, 0.2) is 0 Å². The molecule has 0 unspecified atom stereocenters. The molecule has 0 atom stereocenters. The second-order valence-electron chi connectivity index (χ2n) is 5.42. The maximum atomic E-state index is 12.1. The van der Waals surface area contributed by atoms with E-state index in [4.69, 9.17) is 8.83 Å². The van der Waals surface area contributed by atoms with E-state index in [9.17, 15) is 8.42 Å². The van der Waals surface area contributed by atoms with E-state index in [0.29, 0.717) is 37.7 Å². The van der Waals surface area contributed by atoms with Crippen molar-refractivity contribution in [3.63, 3.8) is 0 Å². The second kappa shape index (κ2) is 5.82. The Morgan fingerprint density at radius 1 is 1.27 bits per heavy atom. The van der Waals surface area contributed by atoms with Gasteiger partial charge in [-0.3, -0.25) is 0 Å². The highest BCUT2D eigenvalue weighted by molar-refractivity contribution is 7.86. The van der Waals surface area contributed by atoms with Gasteiger partial charge in [-0.1, -0.05) is 0 Å². The van der Waals surface area contributed by atoms with Gasteiger partial charge in [0.2, 0.25) is 5.89 Å². The number of piperidine rings is 1. The van der Waals surface area contributed by atoms with Crippen LogP contribution in [0.4, 0.5) is 0 Å². The molecule has 0 radical (unpaired) electrons. The van der Waals surface area contributed by atoms with Crippen molar-refractivity contribution >= 4 is 10.2 Å². The van der Waals surface area contributed by atoms with Crippen molar-refractivity contribution in [2.24, 2.45) is 0 Å². The van der Waals surface area contributed by atoms with Gasteiger partial charge >= 0.3 is 0 Å². The maximum absolute atomic E-state index is 12.1. The van der Waals surface area contributed by atoms with Crippen molar-refractivity contribution in [1.82, 2.24) is 18.8 Å². The molecule has 0 aromatic carbocycles. The number of hydrogen-bond acceptors (Lipinski definition) is 6. The van der Waals surface area contributed by atoms with Crippen LogP contribution in [-0.2, 0) is 10.2 Å². The number of aromatic nitrogens is 2. The minimum Gasteiger partial charge on any atom is -0.472 e. The predicted molar refractivity (Wildman–Crippen MR) is 78.2 cm³/mol. The molecule has 8 nitrogen and oxygen atoms in total. The Balaban J connectivity index is 1.67. The molecule has 120 valence electrons. The summed E-state index contributed by atoms with van der Waals surface area (Å²) in [5.41, 5.74) is 0.742. The number of hydrogen-bond donors (Lipinski definition) is 0. The molecule has 1 saturated heterocycles. The highest BCUT2D eigenvalue weighted by Gasteiger charge is 2.32. The third kappa shape index (κ3) is 2.79. The van der Waals surface area contributed by atoms with Gasteiger partial charge in [0, 0.05) is 33.1 Å². The molecule has 0 aliphatic carbocycles. The van der Waals surface area contributed by atoms with E-state index >= 15 is 0 Å². The van der Waals surface area contributed by atoms with E-state index in [1.807, 2.05) is 0 Å². The molecule has 0 bridgehead atoms. The summed E-state index contributed by atoms with van der Waals surface area (Å²) in [7, 11) is -0.272. The Hall–Kier alpha value is -1.71. The summed E-state index contributed by atoms with van der Waals surface area (Å²) in [6, 6.07) is 1.75. The zero-order valence-electron chi connectivity index (χ0n) is 12.5. The van der Waals surface area contributed by atoms with E-state index in [1.54, 1.807) is 18.6 Å². The summed E-state index contributed by atoms with van der Waals surface area (Å²) in [6.07, 6.45) is 4.42. The highest BCUT2D eigenvalue weighted by Crippen LogP contribution is 2.30. The van der Waals surface area contributed by atoms with Crippen LogP contribution < -0.4 is 0 Å². The van der Waals surface area contributed by atoms with Crippen molar-refractivity contribution in [3.05, 3.63) is 24.5 Å². The van der Waals surface area contributed by atoms with Crippen LogP contribution in [0.1, 0.15) is 24.7 Å². The van der Waals surface area contributed by atoms with Gasteiger partial charge in [-0.15, -0.1) is 10.2 Å². The van der Waals surface area contributed by atoms with Crippen molar-refractivity contribution in [2.75, 3.05) is 27.2 Å². The standard InChI is InChI=1S/C13H18N4O4S/c1-16(2)22(18,19)17-6-3-10(4-7-17)12-14-15-13(21-12)11-5-8-20-9-11/h5,8-10H,3-4,6-7H2,1-2H3. The molecule has 0 saturated carbocycles. The van der Waals surface area contributed by atoms with Gasteiger partial charge < -0.3 is 8.83 Å². The SMILES string of the molecule is CN(C)S(=O)(=O)N1CCC(c2nnc(-c3ccoc3)o2)CC1. The molecule has 3 rings (SSSR count). The molecule has 2 aromatic rings. The number of rotatable bonds is 4. The van der Waals surface area contributed by atoms with Crippen LogP contribution in [0.5, 0.6) is 0 Å². The molecule has 9 heteroatoms. The minimum absolute atomic E-state index is 0.0850. The Kier molecular flexibility index (Phi) is 4.02.